The summed E-state index contributed by atoms with van der Waals surface area (Å²) >= 11 is 5.99. The van der Waals surface area contributed by atoms with Gasteiger partial charge in [0.1, 0.15) is 11.9 Å². The lowest BCUT2D eigenvalue weighted by Gasteiger charge is -2.20. The number of halogens is 6. The lowest BCUT2D eigenvalue weighted by atomic mass is 10.1. The van der Waals surface area contributed by atoms with Crippen molar-refractivity contribution in [2.75, 3.05) is 5.32 Å². The summed E-state index contributed by atoms with van der Waals surface area (Å²) in [5, 5.41) is 5.52. The average molecular weight is 473 g/mol. The van der Waals surface area contributed by atoms with Gasteiger partial charge in [-0.25, -0.2) is 4.39 Å². The molecule has 0 aliphatic heterocycles. The lowest BCUT2D eigenvalue weighted by Crippen LogP contribution is -2.33. The van der Waals surface area contributed by atoms with Crippen LogP contribution in [-0.2, 0) is 17.5 Å². The van der Waals surface area contributed by atoms with Crippen LogP contribution < -0.4 is 10.6 Å². The second-order valence-electron chi connectivity index (χ2n) is 6.53. The van der Waals surface area contributed by atoms with Gasteiger partial charge in [-0.2, -0.15) is 13.2 Å². The van der Waals surface area contributed by atoms with E-state index in [1.165, 1.54) is 12.1 Å². The maximum Gasteiger partial charge on any atom is 0.416 e. The zero-order valence-electron chi connectivity index (χ0n) is 15.9. The fourth-order valence-corrected chi connectivity index (χ4v) is 3.00. The molecule has 1 unspecified atom stereocenters. The van der Waals surface area contributed by atoms with E-state index in [1.807, 2.05) is 0 Å². The smallest absolute Gasteiger partial charge is 0.323 e. The van der Waals surface area contributed by atoms with Crippen molar-refractivity contribution in [3.05, 3.63) is 100 Å². The molecule has 31 heavy (non-hydrogen) atoms. The number of hydrogen-bond acceptors (Lipinski definition) is 2. The molecule has 3 aromatic rings. The van der Waals surface area contributed by atoms with Gasteiger partial charge in [0.15, 0.2) is 0 Å². The Morgan fingerprint density at radius 3 is 2.23 bits per heavy atom. The summed E-state index contributed by atoms with van der Waals surface area (Å²) in [6.07, 6.45) is -4.57. The molecule has 0 saturated carbocycles. The van der Waals surface area contributed by atoms with E-state index < -0.39 is 23.7 Å². The van der Waals surface area contributed by atoms with E-state index in [0.29, 0.717) is 5.56 Å². The molecule has 1 atom stereocenters. The number of anilines is 1. The molecule has 0 fully saturated rings. The number of rotatable bonds is 6. The topological polar surface area (TPSA) is 41.1 Å². The minimum atomic E-state index is -4.57. The molecule has 0 bridgehead atoms. The zero-order chi connectivity index (χ0) is 21.7. The standard InChI is InChI=1S/C22H17ClF4N2O.ClH/c23-18-11-8-16(22(25,26)27)12-19(18)29-21(30)20(15-4-2-1-3-5-15)28-13-14-6-9-17(24)10-7-14;/h1-12,20,28H,13H2,(H,29,30);1H. The molecule has 3 nitrogen and oxygen atoms in total. The number of carbonyl (C=O) groups excluding carboxylic acids is 1. The second kappa shape index (κ2) is 10.6. The van der Waals surface area contributed by atoms with Crippen LogP contribution in [-0.4, -0.2) is 5.91 Å². The highest BCUT2D eigenvalue weighted by molar-refractivity contribution is 6.33. The SMILES string of the molecule is Cl.O=C(Nc1cc(C(F)(F)F)ccc1Cl)C(NCc1ccc(F)cc1)c1ccccc1. The van der Waals surface area contributed by atoms with Gasteiger partial charge in [-0.3, -0.25) is 10.1 Å². The molecule has 0 heterocycles. The van der Waals surface area contributed by atoms with Crippen molar-refractivity contribution in [1.29, 1.82) is 0 Å². The van der Waals surface area contributed by atoms with E-state index >= 15 is 0 Å². The second-order valence-corrected chi connectivity index (χ2v) is 6.94. The molecule has 2 N–H and O–H groups in total. The fraction of sp³-hybridized carbons (Fsp3) is 0.136. The Balaban J connectivity index is 0.00000341. The number of benzene rings is 3. The first kappa shape index (κ1) is 24.7. The summed E-state index contributed by atoms with van der Waals surface area (Å²) in [6, 6.07) is 16.3. The number of hydrogen-bond donors (Lipinski definition) is 2. The van der Waals surface area contributed by atoms with Crippen LogP contribution in [0, 0.1) is 5.82 Å². The van der Waals surface area contributed by atoms with Crippen molar-refractivity contribution >= 4 is 35.6 Å². The molecule has 3 rings (SSSR count). The predicted molar refractivity (Wildman–Crippen MR) is 115 cm³/mol. The van der Waals surface area contributed by atoms with Crippen LogP contribution in [0.5, 0.6) is 0 Å². The molecule has 0 aromatic heterocycles. The average Bonchev–Trinajstić information content (AvgIpc) is 2.71. The van der Waals surface area contributed by atoms with Crippen LogP contribution in [0.3, 0.4) is 0 Å². The minimum Gasteiger partial charge on any atom is -0.323 e. The third-order valence-corrected chi connectivity index (χ3v) is 4.70. The van der Waals surface area contributed by atoms with Gasteiger partial charge in [0.2, 0.25) is 5.91 Å². The van der Waals surface area contributed by atoms with Gasteiger partial charge in [0, 0.05) is 6.54 Å². The van der Waals surface area contributed by atoms with Gasteiger partial charge in [0.05, 0.1) is 16.3 Å². The van der Waals surface area contributed by atoms with Crippen LogP contribution in [0.4, 0.5) is 23.2 Å². The lowest BCUT2D eigenvalue weighted by molar-refractivity contribution is -0.137. The van der Waals surface area contributed by atoms with Crippen molar-refractivity contribution < 1.29 is 22.4 Å². The highest BCUT2D eigenvalue weighted by atomic mass is 35.5. The van der Waals surface area contributed by atoms with Crippen LogP contribution in [0.25, 0.3) is 0 Å². The van der Waals surface area contributed by atoms with Gasteiger partial charge in [-0.15, -0.1) is 12.4 Å². The van der Waals surface area contributed by atoms with Crippen LogP contribution in [0.2, 0.25) is 5.02 Å². The fourth-order valence-electron chi connectivity index (χ4n) is 2.83. The largest absolute Gasteiger partial charge is 0.416 e. The van der Waals surface area contributed by atoms with Gasteiger partial charge in [-0.05, 0) is 41.5 Å². The van der Waals surface area contributed by atoms with E-state index in [4.69, 9.17) is 11.6 Å². The molecule has 164 valence electrons. The highest BCUT2D eigenvalue weighted by Gasteiger charge is 2.31. The zero-order valence-corrected chi connectivity index (χ0v) is 17.5. The van der Waals surface area contributed by atoms with Crippen molar-refractivity contribution in [3.63, 3.8) is 0 Å². The first-order valence-electron chi connectivity index (χ1n) is 8.94. The highest BCUT2D eigenvalue weighted by Crippen LogP contribution is 2.34. The first-order chi connectivity index (χ1) is 14.2. The van der Waals surface area contributed by atoms with E-state index in [2.05, 4.69) is 10.6 Å². The van der Waals surface area contributed by atoms with Crippen LogP contribution >= 0.6 is 24.0 Å². The summed E-state index contributed by atoms with van der Waals surface area (Å²) in [4.78, 5) is 12.9. The normalized spacial score (nSPS) is 12.0. The Kier molecular flexibility index (Phi) is 8.44. The number of alkyl halides is 3. The number of carbonyl (C=O) groups is 1. The van der Waals surface area contributed by atoms with E-state index in [-0.39, 0.29) is 35.5 Å². The first-order valence-corrected chi connectivity index (χ1v) is 9.32. The molecule has 1 amide bonds. The maximum absolute atomic E-state index is 13.1. The Morgan fingerprint density at radius 1 is 0.968 bits per heavy atom. The summed E-state index contributed by atoms with van der Waals surface area (Å²) in [7, 11) is 0. The third kappa shape index (κ3) is 6.69. The van der Waals surface area contributed by atoms with Gasteiger partial charge < -0.3 is 5.32 Å². The number of amides is 1. The molecule has 0 radical (unpaired) electrons. The van der Waals surface area contributed by atoms with Gasteiger partial charge in [0.25, 0.3) is 0 Å². The van der Waals surface area contributed by atoms with Crippen molar-refractivity contribution in [2.45, 2.75) is 18.8 Å². The van der Waals surface area contributed by atoms with E-state index in [9.17, 15) is 22.4 Å². The van der Waals surface area contributed by atoms with Crippen molar-refractivity contribution in [3.8, 4) is 0 Å². The van der Waals surface area contributed by atoms with Gasteiger partial charge in [-0.1, -0.05) is 54.1 Å². The molecular weight excluding hydrogens is 455 g/mol. The Bertz CT molecular complexity index is 1010. The summed E-state index contributed by atoms with van der Waals surface area (Å²) in [5.74, 6) is -0.958. The quantitative estimate of drug-likeness (QED) is 0.408. The Hall–Kier alpha value is -2.61. The van der Waals surface area contributed by atoms with Crippen LogP contribution in [0.1, 0.15) is 22.7 Å². The summed E-state index contributed by atoms with van der Waals surface area (Å²) < 4.78 is 52.1. The molecule has 0 spiro atoms. The molecule has 0 saturated heterocycles. The van der Waals surface area contributed by atoms with Gasteiger partial charge >= 0.3 is 6.18 Å². The molecule has 0 aliphatic carbocycles. The van der Waals surface area contributed by atoms with E-state index in [0.717, 1.165) is 23.8 Å². The monoisotopic (exact) mass is 472 g/mol. The molecular formula is C22H18Cl2F4N2O. The summed E-state index contributed by atoms with van der Waals surface area (Å²) in [5.41, 5.74) is 0.293. The van der Waals surface area contributed by atoms with Crippen LogP contribution in [0.15, 0.2) is 72.8 Å². The van der Waals surface area contributed by atoms with E-state index in [1.54, 1.807) is 42.5 Å². The predicted octanol–water partition coefficient (Wildman–Crippen LogP) is 6.39. The summed E-state index contributed by atoms with van der Waals surface area (Å²) in [6.45, 7) is 0.240. The molecule has 3 aromatic carbocycles. The molecule has 9 heteroatoms. The Morgan fingerprint density at radius 2 is 1.61 bits per heavy atom. The third-order valence-electron chi connectivity index (χ3n) is 4.37. The van der Waals surface area contributed by atoms with Crippen molar-refractivity contribution in [2.24, 2.45) is 0 Å². The minimum absolute atomic E-state index is 0. The Labute approximate surface area is 187 Å². The number of nitrogens with one attached hydrogen (secondary N) is 2. The molecule has 0 aliphatic rings. The van der Waals surface area contributed by atoms with Crippen molar-refractivity contribution in [1.82, 2.24) is 5.32 Å². The maximum atomic E-state index is 13.1.